The quantitative estimate of drug-likeness (QED) is 0.620. The largest absolute Gasteiger partial charge is 1.00 e. The number of hydrogen-bond donors (Lipinski definition) is 1. The van der Waals surface area contributed by atoms with Gasteiger partial charge in [-0.05, 0) is 48.9 Å². The molecule has 1 aromatic heterocycles. The Morgan fingerprint density at radius 2 is 2.04 bits per heavy atom. The molecule has 0 unspecified atom stereocenters. The number of carbonyl (C=O) groups is 1. The fourth-order valence-corrected chi connectivity index (χ4v) is 3.56. The minimum Gasteiger partial charge on any atom is -1.00 e. The normalized spacial score (nSPS) is 12.2. The van der Waals surface area contributed by atoms with E-state index < -0.39 is 0 Å². The van der Waals surface area contributed by atoms with Crippen molar-refractivity contribution in [3.8, 4) is 17.0 Å². The molecule has 2 aromatic carbocycles. The lowest BCUT2D eigenvalue weighted by Gasteiger charge is -2.04. The Hall–Kier alpha value is -2.86. The highest BCUT2D eigenvalue weighted by Crippen LogP contribution is 2.26. The average Bonchev–Trinajstić information content (AvgIpc) is 3.26. The molecule has 1 N–H and O–H groups in total. The zero-order valence-electron chi connectivity index (χ0n) is 15.5. The van der Waals surface area contributed by atoms with E-state index in [1.54, 1.807) is 19.2 Å². The topological polar surface area (TPSA) is 47.1 Å². The Morgan fingerprint density at radius 3 is 2.75 bits per heavy atom. The summed E-state index contributed by atoms with van der Waals surface area (Å²) in [4.78, 5) is 12.4. The first-order valence-corrected chi connectivity index (χ1v) is 8.96. The van der Waals surface area contributed by atoms with Gasteiger partial charge in [-0.25, -0.2) is 13.5 Å². The van der Waals surface area contributed by atoms with E-state index in [9.17, 15) is 9.18 Å². The van der Waals surface area contributed by atoms with Gasteiger partial charge in [-0.15, -0.1) is 0 Å². The Balaban J connectivity index is 0.00000225. The van der Waals surface area contributed by atoms with E-state index in [0.717, 1.165) is 42.2 Å². The number of aromatic nitrogens is 2. The van der Waals surface area contributed by atoms with Crippen molar-refractivity contribution in [2.75, 3.05) is 12.4 Å². The summed E-state index contributed by atoms with van der Waals surface area (Å²) >= 11 is 0. The number of fused-ring (bicyclic) bond motifs is 1. The van der Waals surface area contributed by atoms with Gasteiger partial charge >= 0.3 is 0 Å². The lowest BCUT2D eigenvalue weighted by atomic mass is 10.1. The van der Waals surface area contributed by atoms with Crippen LogP contribution in [0.2, 0.25) is 0 Å². The number of nitrogens with one attached hydrogen (secondary N) is 1. The maximum atomic E-state index is 13.3. The van der Waals surface area contributed by atoms with Crippen molar-refractivity contribution in [1.82, 2.24) is 4.57 Å². The van der Waals surface area contributed by atoms with Crippen LogP contribution in [0.4, 0.5) is 10.1 Å². The molecule has 0 aliphatic carbocycles. The number of imidazole rings is 1. The number of nitrogens with zero attached hydrogens (tertiary/aromatic N) is 2. The van der Waals surface area contributed by atoms with E-state index in [-0.39, 0.29) is 30.7 Å². The van der Waals surface area contributed by atoms with Gasteiger partial charge in [0.1, 0.15) is 17.8 Å². The number of ether oxygens (including phenoxy) is 1. The smallest absolute Gasteiger partial charge is 0.266 e. The molecule has 4 rings (SSSR count). The van der Waals surface area contributed by atoms with Crippen molar-refractivity contribution >= 4 is 11.6 Å². The molecule has 146 valence electrons. The lowest BCUT2D eigenvalue weighted by Crippen LogP contribution is -3.00. The standard InChI is InChI=1S/C21H20FN3O2.ClH/c1-27-18-9-7-15(8-10-18)19-13-24(21-6-3-11-25(19)21)14-20(26)23-17-5-2-4-16(22)12-17;/h2,4-5,7-10,12-13H,3,6,11,14H2,1H3;1H. The molecule has 1 aliphatic rings. The van der Waals surface area contributed by atoms with Gasteiger partial charge in [-0.2, -0.15) is 0 Å². The van der Waals surface area contributed by atoms with Crippen molar-refractivity contribution < 1.29 is 30.9 Å². The van der Waals surface area contributed by atoms with Crippen LogP contribution >= 0.6 is 0 Å². The summed E-state index contributed by atoms with van der Waals surface area (Å²) in [7, 11) is 1.65. The van der Waals surface area contributed by atoms with Crippen LogP contribution in [0.3, 0.4) is 0 Å². The Kier molecular flexibility index (Phi) is 5.99. The molecule has 5 nitrogen and oxygen atoms in total. The molecular formula is C21H21ClFN3O2. The van der Waals surface area contributed by atoms with Crippen molar-refractivity contribution in [1.29, 1.82) is 0 Å². The number of rotatable bonds is 5. The van der Waals surface area contributed by atoms with E-state index in [0.29, 0.717) is 5.69 Å². The molecule has 3 aromatic rings. The van der Waals surface area contributed by atoms with E-state index in [1.807, 2.05) is 35.0 Å². The molecule has 1 amide bonds. The number of hydrogen-bond acceptors (Lipinski definition) is 2. The van der Waals surface area contributed by atoms with Crippen LogP contribution in [-0.2, 0) is 24.3 Å². The molecule has 2 heterocycles. The summed E-state index contributed by atoms with van der Waals surface area (Å²) in [5.74, 6) is 1.41. The minimum absolute atomic E-state index is 0. The second-order valence-electron chi connectivity index (χ2n) is 6.60. The predicted octanol–water partition coefficient (Wildman–Crippen LogP) is 0.179. The Bertz CT molecular complexity index is 986. The average molecular weight is 402 g/mol. The SMILES string of the molecule is COc1ccc(-c2c[n+](CC(=O)Nc3cccc(F)c3)c3n2CCC3)cc1.[Cl-]. The second-order valence-corrected chi connectivity index (χ2v) is 6.60. The molecule has 0 atom stereocenters. The summed E-state index contributed by atoms with van der Waals surface area (Å²) in [6, 6.07) is 13.8. The van der Waals surface area contributed by atoms with Crippen molar-refractivity contribution in [3.63, 3.8) is 0 Å². The highest BCUT2D eigenvalue weighted by molar-refractivity contribution is 5.89. The van der Waals surface area contributed by atoms with Gasteiger partial charge in [-0.3, -0.25) is 4.79 Å². The monoisotopic (exact) mass is 401 g/mol. The van der Waals surface area contributed by atoms with Gasteiger partial charge < -0.3 is 22.5 Å². The third-order valence-corrected chi connectivity index (χ3v) is 4.80. The lowest BCUT2D eigenvalue weighted by molar-refractivity contribution is -0.690. The molecule has 28 heavy (non-hydrogen) atoms. The fourth-order valence-electron chi connectivity index (χ4n) is 3.56. The zero-order chi connectivity index (χ0) is 18.8. The van der Waals surface area contributed by atoms with Gasteiger partial charge in [0.2, 0.25) is 0 Å². The van der Waals surface area contributed by atoms with Gasteiger partial charge in [0.15, 0.2) is 12.2 Å². The first-order chi connectivity index (χ1) is 13.1. The third-order valence-electron chi connectivity index (χ3n) is 4.80. The molecule has 0 radical (unpaired) electrons. The van der Waals surface area contributed by atoms with E-state index in [1.165, 1.54) is 12.1 Å². The van der Waals surface area contributed by atoms with Crippen LogP contribution in [0.1, 0.15) is 12.2 Å². The molecule has 0 fully saturated rings. The van der Waals surface area contributed by atoms with Gasteiger partial charge in [0.25, 0.3) is 11.7 Å². The summed E-state index contributed by atoms with van der Waals surface area (Å²) in [5, 5.41) is 2.76. The van der Waals surface area contributed by atoms with Crippen LogP contribution in [0.25, 0.3) is 11.3 Å². The number of anilines is 1. The Morgan fingerprint density at radius 1 is 1.25 bits per heavy atom. The number of carbonyl (C=O) groups excluding carboxylic acids is 1. The first kappa shape index (κ1) is 19.9. The van der Waals surface area contributed by atoms with E-state index in [4.69, 9.17) is 4.74 Å². The zero-order valence-corrected chi connectivity index (χ0v) is 16.2. The summed E-state index contributed by atoms with van der Waals surface area (Å²) in [5.41, 5.74) is 2.64. The number of halogens is 2. The summed E-state index contributed by atoms with van der Waals surface area (Å²) < 4.78 is 22.8. The number of benzene rings is 2. The number of amides is 1. The molecule has 0 saturated heterocycles. The molecular weight excluding hydrogens is 381 g/mol. The second kappa shape index (κ2) is 8.44. The maximum Gasteiger partial charge on any atom is 0.266 e. The van der Waals surface area contributed by atoms with Crippen LogP contribution in [0.15, 0.2) is 54.7 Å². The van der Waals surface area contributed by atoms with Crippen molar-refractivity contribution in [2.24, 2.45) is 0 Å². The molecule has 0 saturated carbocycles. The fraction of sp³-hybridized carbons (Fsp3) is 0.238. The van der Waals surface area contributed by atoms with Crippen molar-refractivity contribution in [2.45, 2.75) is 25.9 Å². The highest BCUT2D eigenvalue weighted by Gasteiger charge is 2.29. The summed E-state index contributed by atoms with van der Waals surface area (Å²) in [6.07, 6.45) is 4.01. The van der Waals surface area contributed by atoms with Crippen LogP contribution in [-0.4, -0.2) is 17.6 Å². The molecule has 0 spiro atoms. The van der Waals surface area contributed by atoms with E-state index >= 15 is 0 Å². The van der Waals surface area contributed by atoms with Crippen LogP contribution in [0, 0.1) is 5.82 Å². The van der Waals surface area contributed by atoms with Gasteiger partial charge in [-0.1, -0.05) is 6.07 Å². The highest BCUT2D eigenvalue weighted by atomic mass is 35.5. The van der Waals surface area contributed by atoms with E-state index in [2.05, 4.69) is 9.88 Å². The molecule has 1 aliphatic heterocycles. The van der Waals surface area contributed by atoms with Crippen LogP contribution < -0.4 is 27.0 Å². The summed E-state index contributed by atoms with van der Waals surface area (Å²) in [6.45, 7) is 1.14. The first-order valence-electron chi connectivity index (χ1n) is 8.96. The molecule has 7 heteroatoms. The predicted molar refractivity (Wildman–Crippen MR) is 100.0 cm³/mol. The third kappa shape index (κ3) is 4.02. The van der Waals surface area contributed by atoms with Crippen molar-refractivity contribution in [3.05, 3.63) is 66.4 Å². The van der Waals surface area contributed by atoms with Gasteiger partial charge in [0, 0.05) is 11.3 Å². The molecule has 0 bridgehead atoms. The van der Waals surface area contributed by atoms with Gasteiger partial charge in [0.05, 0.1) is 20.1 Å². The Labute approximate surface area is 169 Å². The minimum atomic E-state index is -0.369. The number of methoxy groups -OCH3 is 1. The maximum absolute atomic E-state index is 13.3. The van der Waals surface area contributed by atoms with Crippen LogP contribution in [0.5, 0.6) is 5.75 Å².